The number of hydrogen-bond acceptors (Lipinski definition) is 7. The number of methoxy groups -OCH3 is 2. The van der Waals surface area contributed by atoms with E-state index in [4.69, 9.17) is 25.8 Å². The summed E-state index contributed by atoms with van der Waals surface area (Å²) < 4.78 is 30.4. The molecule has 0 atom stereocenters. The zero-order valence-electron chi connectivity index (χ0n) is 20.3. The number of carbonyl (C=O) groups is 3. The summed E-state index contributed by atoms with van der Waals surface area (Å²) in [5, 5.41) is 2.31. The molecule has 0 spiro atoms. The van der Waals surface area contributed by atoms with Crippen LogP contribution in [0, 0.1) is 5.82 Å². The minimum atomic E-state index is -0.600. The van der Waals surface area contributed by atoms with Crippen LogP contribution in [-0.2, 0) is 16.1 Å². The summed E-state index contributed by atoms with van der Waals surface area (Å²) in [6.45, 7) is -0.564. The third kappa shape index (κ3) is 6.09. The largest absolute Gasteiger partial charge is 0.495 e. The fourth-order valence-electron chi connectivity index (χ4n) is 3.60. The first-order valence-electron chi connectivity index (χ1n) is 11.2. The highest BCUT2D eigenvalue weighted by Gasteiger charge is 2.36. The number of rotatable bonds is 9. The molecule has 0 saturated carbocycles. The first-order chi connectivity index (χ1) is 18.3. The molecule has 1 saturated heterocycles. The van der Waals surface area contributed by atoms with E-state index < -0.39 is 22.9 Å². The molecule has 1 N–H and O–H groups in total. The zero-order valence-corrected chi connectivity index (χ0v) is 21.9. The Kier molecular flexibility index (Phi) is 8.55. The summed E-state index contributed by atoms with van der Waals surface area (Å²) in [5.74, 6) is -0.416. The zero-order chi connectivity index (χ0) is 27.2. The smallest absolute Gasteiger partial charge is 0.293 e. The Hall–Kier alpha value is -4.02. The van der Waals surface area contributed by atoms with Crippen LogP contribution in [0.3, 0.4) is 0 Å². The average Bonchev–Trinajstić information content (AvgIpc) is 3.17. The van der Waals surface area contributed by atoms with Crippen molar-refractivity contribution in [2.45, 2.75) is 6.54 Å². The van der Waals surface area contributed by atoms with E-state index in [9.17, 15) is 18.8 Å². The maximum atomic E-state index is 14.2. The molecular weight excluding hydrogens is 535 g/mol. The van der Waals surface area contributed by atoms with Gasteiger partial charge in [-0.05, 0) is 59.8 Å². The summed E-state index contributed by atoms with van der Waals surface area (Å²) in [4.78, 5) is 38.8. The molecule has 4 rings (SSSR count). The molecule has 11 heteroatoms. The van der Waals surface area contributed by atoms with Crippen LogP contribution in [0.5, 0.6) is 17.2 Å². The van der Waals surface area contributed by atoms with Crippen molar-refractivity contribution >= 4 is 52.2 Å². The Balaban J connectivity index is 1.44. The number of nitrogens with zero attached hydrogens (tertiary/aromatic N) is 1. The highest BCUT2D eigenvalue weighted by molar-refractivity contribution is 8.18. The van der Waals surface area contributed by atoms with Gasteiger partial charge in [0.15, 0.2) is 18.1 Å². The van der Waals surface area contributed by atoms with Crippen molar-refractivity contribution < 1.29 is 33.0 Å². The van der Waals surface area contributed by atoms with Crippen molar-refractivity contribution in [2.24, 2.45) is 0 Å². The molecule has 38 heavy (non-hydrogen) atoms. The number of ether oxygens (including phenoxy) is 3. The summed E-state index contributed by atoms with van der Waals surface area (Å²) in [5.41, 5.74) is 1.13. The van der Waals surface area contributed by atoms with E-state index in [1.807, 2.05) is 0 Å². The Morgan fingerprint density at radius 2 is 1.79 bits per heavy atom. The lowest BCUT2D eigenvalue weighted by molar-refractivity contribution is -0.123. The number of hydrogen-bond donors (Lipinski definition) is 1. The van der Waals surface area contributed by atoms with Gasteiger partial charge in [0, 0.05) is 10.6 Å². The van der Waals surface area contributed by atoms with E-state index in [1.165, 1.54) is 38.5 Å². The predicted molar refractivity (Wildman–Crippen MR) is 143 cm³/mol. The molecule has 0 bridgehead atoms. The maximum Gasteiger partial charge on any atom is 0.293 e. The number of amides is 3. The lowest BCUT2D eigenvalue weighted by Crippen LogP contribution is -2.28. The van der Waals surface area contributed by atoms with Crippen molar-refractivity contribution in [3.05, 3.63) is 87.5 Å². The first kappa shape index (κ1) is 27.0. The Labute approximate surface area is 227 Å². The number of benzene rings is 3. The summed E-state index contributed by atoms with van der Waals surface area (Å²) >= 11 is 6.79. The van der Waals surface area contributed by atoms with E-state index >= 15 is 0 Å². The van der Waals surface area contributed by atoms with Gasteiger partial charge in [0.05, 0.1) is 31.4 Å². The third-order valence-electron chi connectivity index (χ3n) is 5.48. The molecule has 3 aromatic rings. The lowest BCUT2D eigenvalue weighted by atomic mass is 10.1. The van der Waals surface area contributed by atoms with Gasteiger partial charge in [0.1, 0.15) is 11.6 Å². The second-order valence-electron chi connectivity index (χ2n) is 7.92. The number of nitrogens with one attached hydrogen (secondary N) is 1. The number of carbonyl (C=O) groups excluding carboxylic acids is 3. The SMILES string of the molecule is COc1ccccc1NC(=O)COc1ccc(C=C2SC(=O)N(Cc3c(F)cccc3Cl)C2=O)cc1OC. The van der Waals surface area contributed by atoms with Crippen molar-refractivity contribution in [3.63, 3.8) is 0 Å². The van der Waals surface area contributed by atoms with Crippen LogP contribution in [0.1, 0.15) is 11.1 Å². The second-order valence-corrected chi connectivity index (χ2v) is 9.32. The van der Waals surface area contributed by atoms with Gasteiger partial charge in [0.2, 0.25) is 0 Å². The third-order valence-corrected chi connectivity index (χ3v) is 6.74. The van der Waals surface area contributed by atoms with Crippen LogP contribution in [0.25, 0.3) is 6.08 Å². The molecule has 1 heterocycles. The molecule has 0 aromatic heterocycles. The van der Waals surface area contributed by atoms with Gasteiger partial charge in [-0.1, -0.05) is 35.9 Å². The monoisotopic (exact) mass is 556 g/mol. The van der Waals surface area contributed by atoms with Crippen molar-refractivity contribution in [1.29, 1.82) is 0 Å². The predicted octanol–water partition coefficient (Wildman–Crippen LogP) is 5.75. The van der Waals surface area contributed by atoms with Crippen LogP contribution in [-0.4, -0.2) is 42.8 Å². The van der Waals surface area contributed by atoms with E-state index in [0.717, 1.165) is 16.7 Å². The van der Waals surface area contributed by atoms with Crippen molar-refractivity contribution in [3.8, 4) is 17.2 Å². The molecule has 0 unspecified atom stereocenters. The standard InChI is InChI=1S/C27H22ClFN2O6S/c1-35-21-9-4-3-8-20(21)30-25(32)15-37-22-11-10-16(12-23(22)36-2)13-24-26(33)31(27(34)38-24)14-17-18(28)6-5-7-19(17)29/h3-13H,14-15H2,1-2H3,(H,30,32). The summed E-state index contributed by atoms with van der Waals surface area (Å²) in [6, 6.07) is 16.0. The highest BCUT2D eigenvalue weighted by Crippen LogP contribution is 2.36. The number of imide groups is 1. The second kappa shape index (κ2) is 12.0. The topological polar surface area (TPSA) is 94.2 Å². The molecule has 1 fully saturated rings. The van der Waals surface area contributed by atoms with Gasteiger partial charge in [-0.3, -0.25) is 19.3 Å². The lowest BCUT2D eigenvalue weighted by Gasteiger charge is -2.14. The average molecular weight is 557 g/mol. The van der Waals surface area contributed by atoms with Crippen LogP contribution in [0.15, 0.2) is 65.6 Å². The quantitative estimate of drug-likeness (QED) is 0.335. The number of thioether (sulfide) groups is 1. The highest BCUT2D eigenvalue weighted by atomic mass is 35.5. The number of halogens is 2. The number of anilines is 1. The molecule has 8 nitrogen and oxygen atoms in total. The molecule has 3 amide bonds. The Morgan fingerprint density at radius 1 is 1.03 bits per heavy atom. The van der Waals surface area contributed by atoms with Gasteiger partial charge in [-0.25, -0.2) is 4.39 Å². The van der Waals surface area contributed by atoms with Crippen LogP contribution < -0.4 is 19.5 Å². The van der Waals surface area contributed by atoms with Crippen LogP contribution in [0.4, 0.5) is 14.9 Å². The molecule has 1 aliphatic heterocycles. The van der Waals surface area contributed by atoms with Crippen LogP contribution in [0.2, 0.25) is 5.02 Å². The molecule has 0 aliphatic carbocycles. The van der Waals surface area contributed by atoms with Crippen molar-refractivity contribution in [1.82, 2.24) is 4.90 Å². The maximum absolute atomic E-state index is 14.2. The van der Waals surface area contributed by atoms with Crippen LogP contribution >= 0.6 is 23.4 Å². The fraction of sp³-hybridized carbons (Fsp3) is 0.148. The number of para-hydroxylation sites is 2. The molecule has 196 valence electrons. The molecule has 0 radical (unpaired) electrons. The van der Waals surface area contributed by atoms with Gasteiger partial charge in [0.25, 0.3) is 17.1 Å². The Morgan fingerprint density at radius 3 is 2.53 bits per heavy atom. The van der Waals surface area contributed by atoms with E-state index in [-0.39, 0.29) is 28.6 Å². The summed E-state index contributed by atoms with van der Waals surface area (Å²) in [7, 11) is 2.94. The van der Waals surface area contributed by atoms with Gasteiger partial charge < -0.3 is 19.5 Å². The van der Waals surface area contributed by atoms with Gasteiger partial charge in [-0.2, -0.15) is 0 Å². The summed E-state index contributed by atoms with van der Waals surface area (Å²) in [6.07, 6.45) is 1.52. The van der Waals surface area contributed by atoms with Gasteiger partial charge >= 0.3 is 0 Å². The van der Waals surface area contributed by atoms with E-state index in [2.05, 4.69) is 5.32 Å². The first-order valence-corrected chi connectivity index (χ1v) is 12.4. The van der Waals surface area contributed by atoms with E-state index in [0.29, 0.717) is 28.5 Å². The molecule has 3 aromatic carbocycles. The fourth-order valence-corrected chi connectivity index (χ4v) is 4.66. The molecular formula is C27H22ClFN2O6S. The Bertz CT molecular complexity index is 1410. The molecule has 1 aliphatic rings. The minimum absolute atomic E-state index is 0.0654. The van der Waals surface area contributed by atoms with Gasteiger partial charge in [-0.15, -0.1) is 0 Å². The van der Waals surface area contributed by atoms with Crippen molar-refractivity contribution in [2.75, 3.05) is 26.1 Å². The normalized spacial score (nSPS) is 14.1. The minimum Gasteiger partial charge on any atom is -0.495 e. The van der Waals surface area contributed by atoms with E-state index in [1.54, 1.807) is 42.5 Å².